The van der Waals surface area contributed by atoms with Gasteiger partial charge in [-0.15, -0.1) is 0 Å². The van der Waals surface area contributed by atoms with Gasteiger partial charge in [-0.1, -0.05) is 6.92 Å². The van der Waals surface area contributed by atoms with E-state index < -0.39 is 10.0 Å². The summed E-state index contributed by atoms with van der Waals surface area (Å²) in [5, 5.41) is 4.02. The summed E-state index contributed by atoms with van der Waals surface area (Å²) < 4.78 is 28.8. The monoisotopic (exact) mass is 329 g/mol. The average Bonchev–Trinajstić information content (AvgIpc) is 3.03. The molecule has 2 rings (SSSR count). The van der Waals surface area contributed by atoms with Crippen molar-refractivity contribution in [2.75, 3.05) is 39.3 Å². The molecule has 0 radical (unpaired) electrons. The van der Waals surface area contributed by atoms with Crippen LogP contribution in [0.5, 0.6) is 0 Å². The second-order valence-corrected chi connectivity index (χ2v) is 7.47. The molecule has 1 aromatic rings. The maximum absolute atomic E-state index is 12.3. The van der Waals surface area contributed by atoms with Crippen molar-refractivity contribution in [1.82, 2.24) is 24.3 Å². The summed E-state index contributed by atoms with van der Waals surface area (Å²) in [5.74, 6) is 0. The van der Waals surface area contributed by atoms with Gasteiger partial charge in [-0.05, 0) is 20.4 Å². The Morgan fingerprint density at radius 3 is 2.45 bits per heavy atom. The van der Waals surface area contributed by atoms with Gasteiger partial charge in [0.2, 0.25) is 10.0 Å². The average molecular weight is 329 g/mol. The maximum atomic E-state index is 12.3. The molecule has 0 spiro atoms. The summed E-state index contributed by atoms with van der Waals surface area (Å²) in [7, 11) is -3.47. The number of piperazine rings is 1. The van der Waals surface area contributed by atoms with Crippen LogP contribution in [0, 0.1) is 0 Å². The molecule has 7 nitrogen and oxygen atoms in total. The SMILES string of the molecule is CCN1CCN(C(C)CNS(=O)(=O)c2cnn(CC)c2)CC1. The number of likely N-dealkylation sites (N-methyl/N-ethyl adjacent to an activating group) is 1. The molecule has 8 heteroatoms. The first-order chi connectivity index (χ1) is 10.5. The number of nitrogens with zero attached hydrogens (tertiary/aromatic N) is 4. The number of aryl methyl sites for hydroxylation is 1. The van der Waals surface area contributed by atoms with E-state index in [-0.39, 0.29) is 10.9 Å². The number of hydrogen-bond acceptors (Lipinski definition) is 5. The molecule has 1 saturated heterocycles. The van der Waals surface area contributed by atoms with Crippen LogP contribution < -0.4 is 4.72 Å². The quantitative estimate of drug-likeness (QED) is 0.774. The van der Waals surface area contributed by atoms with Crippen LogP contribution in [0.2, 0.25) is 0 Å². The molecule has 0 amide bonds. The maximum Gasteiger partial charge on any atom is 0.243 e. The lowest BCUT2D eigenvalue weighted by atomic mass is 10.2. The summed E-state index contributed by atoms with van der Waals surface area (Å²) in [5.41, 5.74) is 0. The fourth-order valence-electron chi connectivity index (χ4n) is 2.62. The van der Waals surface area contributed by atoms with Gasteiger partial charge < -0.3 is 4.90 Å². The van der Waals surface area contributed by atoms with Gasteiger partial charge in [-0.25, -0.2) is 13.1 Å². The molecule has 1 aliphatic heterocycles. The smallest absolute Gasteiger partial charge is 0.243 e. The minimum absolute atomic E-state index is 0.190. The van der Waals surface area contributed by atoms with E-state index in [9.17, 15) is 8.42 Å². The lowest BCUT2D eigenvalue weighted by molar-refractivity contribution is 0.107. The Balaban J connectivity index is 1.86. The first kappa shape index (κ1) is 17.4. The minimum atomic E-state index is -3.47. The van der Waals surface area contributed by atoms with Crippen molar-refractivity contribution in [2.45, 2.75) is 38.3 Å². The van der Waals surface area contributed by atoms with Crippen LogP contribution in [0.15, 0.2) is 17.3 Å². The fraction of sp³-hybridized carbons (Fsp3) is 0.786. The second-order valence-electron chi connectivity index (χ2n) is 5.70. The van der Waals surface area contributed by atoms with Crippen molar-refractivity contribution >= 4 is 10.0 Å². The van der Waals surface area contributed by atoms with Crippen molar-refractivity contribution in [3.05, 3.63) is 12.4 Å². The van der Waals surface area contributed by atoms with E-state index in [0.717, 1.165) is 32.7 Å². The highest BCUT2D eigenvalue weighted by Gasteiger charge is 2.22. The molecule has 1 unspecified atom stereocenters. The first-order valence-electron chi connectivity index (χ1n) is 7.94. The van der Waals surface area contributed by atoms with Crippen LogP contribution in [-0.2, 0) is 16.6 Å². The summed E-state index contributed by atoms with van der Waals surface area (Å²) in [6, 6.07) is 0.190. The highest BCUT2D eigenvalue weighted by Crippen LogP contribution is 2.09. The van der Waals surface area contributed by atoms with Gasteiger partial charge in [-0.2, -0.15) is 5.10 Å². The van der Waals surface area contributed by atoms with Gasteiger partial charge in [0.25, 0.3) is 0 Å². The summed E-state index contributed by atoms with van der Waals surface area (Å²) in [4.78, 5) is 4.98. The molecule has 126 valence electrons. The fourth-order valence-corrected chi connectivity index (χ4v) is 3.69. The first-order valence-corrected chi connectivity index (χ1v) is 9.43. The number of nitrogens with one attached hydrogen (secondary N) is 1. The molecule has 2 heterocycles. The predicted octanol–water partition coefficient (Wildman–Crippen LogP) is 0.207. The third-order valence-corrected chi connectivity index (χ3v) is 5.67. The molecule has 0 aromatic carbocycles. The number of aromatic nitrogens is 2. The van der Waals surface area contributed by atoms with Gasteiger partial charge in [0.05, 0.1) is 6.20 Å². The highest BCUT2D eigenvalue weighted by molar-refractivity contribution is 7.89. The molecule has 1 aliphatic rings. The Morgan fingerprint density at radius 2 is 1.91 bits per heavy atom. The summed E-state index contributed by atoms with van der Waals surface area (Å²) in [6.45, 7) is 12.4. The van der Waals surface area contributed by atoms with E-state index in [2.05, 4.69) is 33.5 Å². The molecule has 22 heavy (non-hydrogen) atoms. The Kier molecular flexibility index (Phi) is 5.96. The van der Waals surface area contributed by atoms with Gasteiger partial charge in [0.15, 0.2) is 0 Å². The van der Waals surface area contributed by atoms with E-state index in [0.29, 0.717) is 13.1 Å². The standard InChI is InChI=1S/C14H27N5O2S/c1-4-17-6-8-18(9-7-17)13(3)10-16-22(20,21)14-11-15-19(5-2)12-14/h11-13,16H,4-10H2,1-3H3. The molecule has 1 fully saturated rings. The number of sulfonamides is 1. The Labute approximate surface area is 133 Å². The number of rotatable bonds is 7. The Morgan fingerprint density at radius 1 is 1.23 bits per heavy atom. The van der Waals surface area contributed by atoms with Crippen LogP contribution >= 0.6 is 0 Å². The highest BCUT2D eigenvalue weighted by atomic mass is 32.2. The molecule has 0 aliphatic carbocycles. The van der Waals surface area contributed by atoms with Gasteiger partial charge in [0, 0.05) is 51.5 Å². The largest absolute Gasteiger partial charge is 0.301 e. The summed E-state index contributed by atoms with van der Waals surface area (Å²) in [6.07, 6.45) is 2.96. The van der Waals surface area contributed by atoms with E-state index >= 15 is 0 Å². The normalized spacial score (nSPS) is 19.4. The van der Waals surface area contributed by atoms with Gasteiger partial charge in [-0.3, -0.25) is 9.58 Å². The van der Waals surface area contributed by atoms with Crippen molar-refractivity contribution < 1.29 is 8.42 Å². The van der Waals surface area contributed by atoms with E-state index in [1.165, 1.54) is 6.20 Å². The van der Waals surface area contributed by atoms with Crippen LogP contribution in [0.4, 0.5) is 0 Å². The second kappa shape index (κ2) is 7.54. The van der Waals surface area contributed by atoms with E-state index in [1.54, 1.807) is 10.9 Å². The van der Waals surface area contributed by atoms with Crippen molar-refractivity contribution in [1.29, 1.82) is 0 Å². The third kappa shape index (κ3) is 4.28. The van der Waals surface area contributed by atoms with Crippen LogP contribution in [0.3, 0.4) is 0 Å². The van der Waals surface area contributed by atoms with E-state index in [1.807, 2.05) is 6.92 Å². The van der Waals surface area contributed by atoms with Gasteiger partial charge >= 0.3 is 0 Å². The minimum Gasteiger partial charge on any atom is -0.301 e. The molecule has 1 atom stereocenters. The molecule has 1 N–H and O–H groups in total. The van der Waals surface area contributed by atoms with Gasteiger partial charge in [0.1, 0.15) is 4.90 Å². The molecular weight excluding hydrogens is 302 g/mol. The van der Waals surface area contributed by atoms with Crippen LogP contribution in [0.25, 0.3) is 0 Å². The zero-order valence-corrected chi connectivity index (χ0v) is 14.5. The Bertz CT molecular complexity index is 564. The van der Waals surface area contributed by atoms with Crippen molar-refractivity contribution in [2.24, 2.45) is 0 Å². The van der Waals surface area contributed by atoms with Crippen LogP contribution in [0.1, 0.15) is 20.8 Å². The van der Waals surface area contributed by atoms with Crippen molar-refractivity contribution in [3.8, 4) is 0 Å². The molecule has 0 saturated carbocycles. The number of hydrogen-bond donors (Lipinski definition) is 1. The molecule has 1 aromatic heterocycles. The Hall–Kier alpha value is -0.960. The van der Waals surface area contributed by atoms with Crippen molar-refractivity contribution in [3.63, 3.8) is 0 Å². The van der Waals surface area contributed by atoms with E-state index in [4.69, 9.17) is 0 Å². The predicted molar refractivity (Wildman–Crippen MR) is 86.2 cm³/mol. The molecular formula is C14H27N5O2S. The topological polar surface area (TPSA) is 70.5 Å². The summed E-state index contributed by atoms with van der Waals surface area (Å²) >= 11 is 0. The zero-order valence-electron chi connectivity index (χ0n) is 13.7. The third-order valence-electron chi connectivity index (χ3n) is 4.29. The van der Waals surface area contributed by atoms with Crippen LogP contribution in [-0.4, -0.2) is 73.3 Å². The lowest BCUT2D eigenvalue weighted by Gasteiger charge is -2.37. The zero-order chi connectivity index (χ0) is 16.2. The lowest BCUT2D eigenvalue weighted by Crippen LogP contribution is -2.52. The molecule has 0 bridgehead atoms.